The van der Waals surface area contributed by atoms with E-state index >= 15 is 0 Å². The second kappa shape index (κ2) is 10.2. The minimum atomic E-state index is -1.12. The van der Waals surface area contributed by atoms with Crippen molar-refractivity contribution in [2.45, 2.75) is 31.6 Å². The molecule has 4 heterocycles. The summed E-state index contributed by atoms with van der Waals surface area (Å²) in [6, 6.07) is 20.8. The van der Waals surface area contributed by atoms with Crippen LogP contribution in [0.5, 0.6) is 5.75 Å². The van der Waals surface area contributed by atoms with E-state index in [0.717, 1.165) is 31.6 Å². The maximum absolute atomic E-state index is 12.6. The molecule has 6 rings (SSSR count). The first-order valence-electron chi connectivity index (χ1n) is 11.8. The number of aromatic carboxylic acids is 1. The lowest BCUT2D eigenvalue weighted by Crippen LogP contribution is -2.56. The molecule has 8 nitrogen and oxygen atoms in total. The summed E-state index contributed by atoms with van der Waals surface area (Å²) in [7, 11) is 0. The van der Waals surface area contributed by atoms with Gasteiger partial charge in [0.15, 0.2) is 0 Å². The van der Waals surface area contributed by atoms with Gasteiger partial charge in [0.2, 0.25) is 5.76 Å². The summed E-state index contributed by atoms with van der Waals surface area (Å²) in [4.78, 5) is 25.9. The Morgan fingerprint density at radius 1 is 1.06 bits per heavy atom. The number of nitrogens with one attached hydrogen (secondary N) is 1. The minimum absolute atomic E-state index is 0.106. The van der Waals surface area contributed by atoms with Crippen LogP contribution in [0.4, 0.5) is 4.79 Å². The number of piperidine rings is 3. The summed E-state index contributed by atoms with van der Waals surface area (Å²) in [5.41, 5.74) is 2.17. The van der Waals surface area contributed by atoms with Crippen molar-refractivity contribution in [3.63, 3.8) is 0 Å². The Bertz CT molecular complexity index is 1180. The number of carboxylic acids is 1. The number of ether oxygens (including phenoxy) is 2. The lowest BCUT2D eigenvalue weighted by Gasteiger charge is -2.49. The largest absolute Gasteiger partial charge is 0.486 e. The topological polar surface area (TPSA) is 101 Å². The molecular formula is C27H28N2O6. The van der Waals surface area contributed by atoms with Gasteiger partial charge in [0.25, 0.3) is 0 Å². The fourth-order valence-electron chi connectivity index (χ4n) is 5.04. The second-order valence-electron chi connectivity index (χ2n) is 9.03. The van der Waals surface area contributed by atoms with Crippen LogP contribution < -0.4 is 10.1 Å². The van der Waals surface area contributed by atoms with E-state index in [0.29, 0.717) is 29.9 Å². The number of rotatable bonds is 8. The standard InChI is InChI=1S/C27H28N2O6/c30-26(31)24-10-9-21(34-24)17-33-20-8-4-5-18(13-20)14-28-27(32)35-25-16-29-12-11-22(25)23(15-29)19-6-2-1-3-7-19/h1-10,13,22-23,25H,11-12,14-17H2,(H,28,32)(H,30,31)/t22?,23?,25-/m0/s1. The zero-order chi connectivity index (χ0) is 24.2. The average Bonchev–Trinajstić information content (AvgIpc) is 3.37. The van der Waals surface area contributed by atoms with Crippen LogP contribution in [0, 0.1) is 5.92 Å². The van der Waals surface area contributed by atoms with E-state index in [2.05, 4.69) is 34.5 Å². The Kier molecular flexibility index (Phi) is 6.72. The number of carboxylic acid groups (broad SMARTS) is 1. The SMILES string of the molecule is O=C(NCc1cccc(OCc2ccc(C(=O)O)o2)c1)O[C@H]1CN2CCC1C(c1ccccc1)C2. The highest BCUT2D eigenvalue weighted by Gasteiger charge is 2.43. The smallest absolute Gasteiger partial charge is 0.407 e. The Morgan fingerprint density at radius 3 is 2.69 bits per heavy atom. The monoisotopic (exact) mass is 476 g/mol. The summed E-state index contributed by atoms with van der Waals surface area (Å²) in [5.74, 6) is 0.470. The summed E-state index contributed by atoms with van der Waals surface area (Å²) in [5, 5.41) is 11.8. The number of amides is 1. The van der Waals surface area contributed by atoms with Crippen LogP contribution >= 0.6 is 0 Å². The fraction of sp³-hybridized carbons (Fsp3) is 0.333. The third kappa shape index (κ3) is 5.49. The van der Waals surface area contributed by atoms with Crippen LogP contribution in [-0.2, 0) is 17.9 Å². The van der Waals surface area contributed by atoms with Crippen molar-refractivity contribution < 1.29 is 28.6 Å². The minimum Gasteiger partial charge on any atom is -0.486 e. The Morgan fingerprint density at radius 2 is 1.91 bits per heavy atom. The molecule has 1 aromatic heterocycles. The van der Waals surface area contributed by atoms with Crippen LogP contribution in [0.3, 0.4) is 0 Å². The van der Waals surface area contributed by atoms with E-state index in [1.54, 1.807) is 12.1 Å². The van der Waals surface area contributed by atoms with Crippen LogP contribution in [0.2, 0.25) is 0 Å². The number of carbonyl (C=O) groups excluding carboxylic acids is 1. The molecular weight excluding hydrogens is 448 g/mol. The van der Waals surface area contributed by atoms with Gasteiger partial charge in [-0.05, 0) is 48.4 Å². The second-order valence-corrected chi connectivity index (χ2v) is 9.03. The van der Waals surface area contributed by atoms with Gasteiger partial charge in [0.1, 0.15) is 24.2 Å². The molecule has 3 aromatic rings. The molecule has 3 unspecified atom stereocenters. The number of benzene rings is 2. The highest BCUT2D eigenvalue weighted by Crippen LogP contribution is 2.40. The molecule has 3 saturated heterocycles. The molecule has 4 atom stereocenters. The third-order valence-electron chi connectivity index (χ3n) is 6.74. The summed E-state index contributed by atoms with van der Waals surface area (Å²) in [6.45, 7) is 3.26. The average molecular weight is 477 g/mol. The Hall–Kier alpha value is -3.78. The number of hydrogen-bond donors (Lipinski definition) is 2. The van der Waals surface area contributed by atoms with Gasteiger partial charge < -0.3 is 24.3 Å². The van der Waals surface area contributed by atoms with E-state index in [9.17, 15) is 9.59 Å². The molecule has 35 heavy (non-hydrogen) atoms. The highest BCUT2D eigenvalue weighted by atomic mass is 16.6. The maximum atomic E-state index is 12.6. The molecule has 8 heteroatoms. The van der Waals surface area contributed by atoms with E-state index in [4.69, 9.17) is 19.0 Å². The number of fused-ring (bicyclic) bond motifs is 3. The molecule has 2 bridgehead atoms. The summed E-state index contributed by atoms with van der Waals surface area (Å²) < 4.78 is 16.8. The Labute approximate surface area is 203 Å². The van der Waals surface area contributed by atoms with Crippen molar-refractivity contribution in [1.82, 2.24) is 10.2 Å². The molecule has 182 valence electrons. The first-order valence-corrected chi connectivity index (χ1v) is 11.8. The normalized spacial score (nSPS) is 23.0. The van der Waals surface area contributed by atoms with Gasteiger partial charge in [0.05, 0.1) is 0 Å². The number of nitrogens with zero attached hydrogens (tertiary/aromatic N) is 1. The van der Waals surface area contributed by atoms with Crippen molar-refractivity contribution >= 4 is 12.1 Å². The van der Waals surface area contributed by atoms with Crippen LogP contribution in [0.15, 0.2) is 71.1 Å². The molecule has 2 aromatic carbocycles. The molecule has 0 saturated carbocycles. The molecule has 0 aliphatic carbocycles. The van der Waals surface area contributed by atoms with Gasteiger partial charge in [-0.25, -0.2) is 9.59 Å². The molecule has 3 aliphatic heterocycles. The van der Waals surface area contributed by atoms with Crippen molar-refractivity contribution in [3.05, 3.63) is 89.4 Å². The number of carbonyl (C=O) groups is 2. The number of alkyl carbamates (subject to hydrolysis) is 1. The van der Waals surface area contributed by atoms with Crippen molar-refractivity contribution in [3.8, 4) is 5.75 Å². The van der Waals surface area contributed by atoms with Gasteiger partial charge in [0, 0.05) is 31.5 Å². The van der Waals surface area contributed by atoms with Gasteiger partial charge in [-0.15, -0.1) is 0 Å². The molecule has 3 fully saturated rings. The summed E-state index contributed by atoms with van der Waals surface area (Å²) in [6.07, 6.45) is 0.487. The lowest BCUT2D eigenvalue weighted by atomic mass is 9.74. The fourth-order valence-corrected chi connectivity index (χ4v) is 5.04. The van der Waals surface area contributed by atoms with E-state index in [-0.39, 0.29) is 18.5 Å². The lowest BCUT2D eigenvalue weighted by molar-refractivity contribution is -0.0459. The van der Waals surface area contributed by atoms with Gasteiger partial charge in [-0.3, -0.25) is 4.90 Å². The zero-order valence-electron chi connectivity index (χ0n) is 19.3. The molecule has 3 aliphatic rings. The van der Waals surface area contributed by atoms with Crippen molar-refractivity contribution in [2.75, 3.05) is 19.6 Å². The molecule has 0 radical (unpaired) electrons. The van der Waals surface area contributed by atoms with Crippen molar-refractivity contribution in [2.24, 2.45) is 5.92 Å². The van der Waals surface area contributed by atoms with Gasteiger partial charge in [-0.1, -0.05) is 42.5 Å². The van der Waals surface area contributed by atoms with Crippen molar-refractivity contribution in [1.29, 1.82) is 0 Å². The van der Waals surface area contributed by atoms with Gasteiger partial charge >= 0.3 is 12.1 Å². The third-order valence-corrected chi connectivity index (χ3v) is 6.74. The van der Waals surface area contributed by atoms with Crippen LogP contribution in [0.25, 0.3) is 0 Å². The van der Waals surface area contributed by atoms with Gasteiger partial charge in [-0.2, -0.15) is 0 Å². The quantitative estimate of drug-likeness (QED) is 0.501. The van der Waals surface area contributed by atoms with E-state index in [1.165, 1.54) is 11.6 Å². The first-order chi connectivity index (χ1) is 17.0. The molecule has 1 amide bonds. The predicted molar refractivity (Wildman–Crippen MR) is 127 cm³/mol. The first kappa shape index (κ1) is 23.0. The highest BCUT2D eigenvalue weighted by molar-refractivity contribution is 5.84. The number of hydrogen-bond acceptors (Lipinski definition) is 6. The van der Waals surface area contributed by atoms with Crippen LogP contribution in [-0.4, -0.2) is 47.8 Å². The zero-order valence-corrected chi connectivity index (χ0v) is 19.3. The molecule has 0 spiro atoms. The maximum Gasteiger partial charge on any atom is 0.407 e. The number of furan rings is 1. The molecule has 2 N–H and O–H groups in total. The van der Waals surface area contributed by atoms with E-state index in [1.807, 2.05) is 24.3 Å². The Balaban J connectivity index is 1.13. The van der Waals surface area contributed by atoms with Crippen LogP contribution in [0.1, 0.15) is 39.8 Å². The summed E-state index contributed by atoms with van der Waals surface area (Å²) >= 11 is 0. The predicted octanol–water partition coefficient (Wildman–Crippen LogP) is 4.27. The van der Waals surface area contributed by atoms with E-state index < -0.39 is 12.1 Å².